The number of nitrogens with two attached hydrogens (primary N) is 1. The molecule has 0 unspecified atom stereocenters. The average Bonchev–Trinajstić information content (AvgIpc) is 2.29. The molecule has 16 heavy (non-hydrogen) atoms. The van der Waals surface area contributed by atoms with Crippen molar-refractivity contribution in [2.24, 2.45) is 0 Å². The van der Waals surface area contributed by atoms with Gasteiger partial charge in [0.15, 0.2) is 0 Å². The summed E-state index contributed by atoms with van der Waals surface area (Å²) in [5.74, 6) is 1.53. The third-order valence-corrected chi connectivity index (χ3v) is 2.43. The molecule has 1 aromatic heterocycles. The SMILES string of the molecule is CN(C)c1nc(N)nc(N2CCNCC2)n1. The van der Waals surface area contributed by atoms with E-state index < -0.39 is 0 Å². The summed E-state index contributed by atoms with van der Waals surface area (Å²) in [6.45, 7) is 3.69. The Balaban J connectivity index is 2.25. The van der Waals surface area contributed by atoms with Crippen LogP contribution in [0.15, 0.2) is 0 Å². The third-order valence-electron chi connectivity index (χ3n) is 2.43. The van der Waals surface area contributed by atoms with E-state index in [4.69, 9.17) is 5.73 Å². The standard InChI is InChI=1S/C9H17N7/c1-15(2)8-12-7(10)13-9(14-8)16-5-3-11-4-6-16/h11H,3-6H2,1-2H3,(H2,10,12,13,14). The Hall–Kier alpha value is -1.63. The molecule has 0 amide bonds. The van der Waals surface area contributed by atoms with Crippen molar-refractivity contribution in [2.75, 3.05) is 55.8 Å². The van der Waals surface area contributed by atoms with Crippen LogP contribution in [0.25, 0.3) is 0 Å². The molecule has 1 aliphatic heterocycles. The first-order chi connectivity index (χ1) is 7.66. The molecule has 88 valence electrons. The lowest BCUT2D eigenvalue weighted by atomic mass is 10.4. The lowest BCUT2D eigenvalue weighted by Crippen LogP contribution is -2.44. The summed E-state index contributed by atoms with van der Waals surface area (Å²) in [4.78, 5) is 16.5. The predicted molar refractivity (Wildman–Crippen MR) is 63.6 cm³/mol. The van der Waals surface area contributed by atoms with Crippen LogP contribution in [-0.2, 0) is 0 Å². The Morgan fingerprint density at radius 3 is 2.50 bits per heavy atom. The van der Waals surface area contributed by atoms with Gasteiger partial charge >= 0.3 is 0 Å². The number of hydrogen-bond donors (Lipinski definition) is 2. The molecule has 7 nitrogen and oxygen atoms in total. The number of hydrogen-bond acceptors (Lipinski definition) is 7. The lowest BCUT2D eigenvalue weighted by molar-refractivity contribution is 0.579. The van der Waals surface area contributed by atoms with Crippen LogP contribution in [0, 0.1) is 0 Å². The molecular formula is C9H17N7. The number of nitrogens with one attached hydrogen (secondary N) is 1. The Morgan fingerprint density at radius 1 is 1.19 bits per heavy atom. The van der Waals surface area contributed by atoms with E-state index >= 15 is 0 Å². The van der Waals surface area contributed by atoms with Crippen molar-refractivity contribution in [3.63, 3.8) is 0 Å². The third kappa shape index (κ3) is 2.30. The molecule has 1 aliphatic rings. The van der Waals surface area contributed by atoms with Gasteiger partial charge in [0, 0.05) is 40.3 Å². The first-order valence-corrected chi connectivity index (χ1v) is 5.31. The van der Waals surface area contributed by atoms with Crippen LogP contribution in [-0.4, -0.2) is 55.2 Å². The molecule has 0 radical (unpaired) electrons. The summed E-state index contributed by atoms with van der Waals surface area (Å²) in [5.41, 5.74) is 5.67. The van der Waals surface area contributed by atoms with E-state index in [0.717, 1.165) is 26.2 Å². The normalized spacial score (nSPS) is 16.2. The Morgan fingerprint density at radius 2 is 1.88 bits per heavy atom. The zero-order chi connectivity index (χ0) is 11.5. The zero-order valence-electron chi connectivity index (χ0n) is 9.64. The van der Waals surface area contributed by atoms with E-state index in [2.05, 4.69) is 25.2 Å². The molecule has 0 aromatic carbocycles. The van der Waals surface area contributed by atoms with Crippen molar-refractivity contribution in [1.82, 2.24) is 20.3 Å². The fourth-order valence-corrected chi connectivity index (χ4v) is 1.58. The van der Waals surface area contributed by atoms with Crippen LogP contribution in [0.2, 0.25) is 0 Å². The maximum Gasteiger partial charge on any atom is 0.232 e. The number of nitrogens with zero attached hydrogens (tertiary/aromatic N) is 5. The first kappa shape index (κ1) is 10.9. The van der Waals surface area contributed by atoms with Gasteiger partial charge in [-0.2, -0.15) is 15.0 Å². The van der Waals surface area contributed by atoms with Crippen molar-refractivity contribution >= 4 is 17.8 Å². The van der Waals surface area contributed by atoms with Gasteiger partial charge in [0.1, 0.15) is 0 Å². The highest BCUT2D eigenvalue weighted by atomic mass is 15.3. The number of piperazine rings is 1. The largest absolute Gasteiger partial charge is 0.368 e. The number of anilines is 3. The van der Waals surface area contributed by atoms with E-state index in [1.807, 2.05) is 19.0 Å². The van der Waals surface area contributed by atoms with Gasteiger partial charge in [0.2, 0.25) is 17.8 Å². The summed E-state index contributed by atoms with van der Waals surface area (Å²) in [6.07, 6.45) is 0. The second-order valence-corrected chi connectivity index (χ2v) is 3.93. The molecule has 0 atom stereocenters. The monoisotopic (exact) mass is 223 g/mol. The highest BCUT2D eigenvalue weighted by molar-refractivity contribution is 5.42. The summed E-state index contributed by atoms with van der Waals surface area (Å²) in [7, 11) is 3.77. The lowest BCUT2D eigenvalue weighted by Gasteiger charge is -2.27. The highest BCUT2D eigenvalue weighted by Crippen LogP contribution is 2.13. The molecule has 0 aliphatic carbocycles. The molecule has 7 heteroatoms. The zero-order valence-corrected chi connectivity index (χ0v) is 9.64. The minimum atomic E-state index is 0.271. The Bertz CT molecular complexity index is 359. The average molecular weight is 223 g/mol. The van der Waals surface area contributed by atoms with Gasteiger partial charge in [-0.3, -0.25) is 0 Å². The van der Waals surface area contributed by atoms with Crippen LogP contribution in [0.4, 0.5) is 17.8 Å². The summed E-state index contributed by atoms with van der Waals surface area (Å²) in [6, 6.07) is 0. The van der Waals surface area contributed by atoms with Crippen molar-refractivity contribution in [3.05, 3.63) is 0 Å². The molecule has 2 rings (SSSR count). The number of nitrogen functional groups attached to an aromatic ring is 1. The van der Waals surface area contributed by atoms with E-state index in [1.165, 1.54) is 0 Å². The molecule has 0 saturated carbocycles. The Kier molecular flexibility index (Phi) is 3.04. The molecular weight excluding hydrogens is 206 g/mol. The predicted octanol–water partition coefficient (Wildman–Crippen LogP) is -1.07. The summed E-state index contributed by atoms with van der Waals surface area (Å²) in [5, 5.41) is 3.28. The maximum absolute atomic E-state index is 5.67. The topological polar surface area (TPSA) is 83.2 Å². The van der Waals surface area contributed by atoms with Crippen molar-refractivity contribution < 1.29 is 0 Å². The van der Waals surface area contributed by atoms with E-state index in [1.54, 1.807) is 0 Å². The second kappa shape index (κ2) is 4.48. The smallest absolute Gasteiger partial charge is 0.232 e. The van der Waals surface area contributed by atoms with Gasteiger partial charge in [0.05, 0.1) is 0 Å². The number of rotatable bonds is 2. The molecule has 0 spiro atoms. The van der Waals surface area contributed by atoms with E-state index in [0.29, 0.717) is 11.9 Å². The van der Waals surface area contributed by atoms with Crippen molar-refractivity contribution in [2.45, 2.75) is 0 Å². The van der Waals surface area contributed by atoms with Crippen LogP contribution in [0.1, 0.15) is 0 Å². The number of aromatic nitrogens is 3. The van der Waals surface area contributed by atoms with E-state index in [-0.39, 0.29) is 5.95 Å². The minimum Gasteiger partial charge on any atom is -0.368 e. The molecule has 2 heterocycles. The quantitative estimate of drug-likeness (QED) is 0.660. The maximum atomic E-state index is 5.67. The van der Waals surface area contributed by atoms with Gasteiger partial charge in [-0.15, -0.1) is 0 Å². The van der Waals surface area contributed by atoms with Gasteiger partial charge in [0.25, 0.3) is 0 Å². The first-order valence-electron chi connectivity index (χ1n) is 5.31. The molecule has 1 aromatic rings. The highest BCUT2D eigenvalue weighted by Gasteiger charge is 2.15. The summed E-state index contributed by atoms with van der Waals surface area (Å²) >= 11 is 0. The summed E-state index contributed by atoms with van der Waals surface area (Å²) < 4.78 is 0. The second-order valence-electron chi connectivity index (χ2n) is 3.93. The van der Waals surface area contributed by atoms with Crippen LogP contribution >= 0.6 is 0 Å². The van der Waals surface area contributed by atoms with E-state index in [9.17, 15) is 0 Å². The molecule has 3 N–H and O–H groups in total. The van der Waals surface area contributed by atoms with Gasteiger partial charge < -0.3 is 20.9 Å². The van der Waals surface area contributed by atoms with Crippen molar-refractivity contribution in [3.8, 4) is 0 Å². The van der Waals surface area contributed by atoms with Gasteiger partial charge in [-0.25, -0.2) is 0 Å². The Labute approximate surface area is 94.7 Å². The van der Waals surface area contributed by atoms with Crippen LogP contribution in [0.3, 0.4) is 0 Å². The van der Waals surface area contributed by atoms with Crippen LogP contribution in [0.5, 0.6) is 0 Å². The van der Waals surface area contributed by atoms with Crippen LogP contribution < -0.4 is 20.9 Å². The molecule has 1 saturated heterocycles. The van der Waals surface area contributed by atoms with Gasteiger partial charge in [-0.1, -0.05) is 0 Å². The molecule has 0 bridgehead atoms. The van der Waals surface area contributed by atoms with Gasteiger partial charge in [-0.05, 0) is 0 Å². The van der Waals surface area contributed by atoms with Crippen molar-refractivity contribution in [1.29, 1.82) is 0 Å². The molecule has 1 fully saturated rings. The fourth-order valence-electron chi connectivity index (χ4n) is 1.58. The minimum absolute atomic E-state index is 0.271. The fraction of sp³-hybridized carbons (Fsp3) is 0.667.